The van der Waals surface area contributed by atoms with Crippen molar-refractivity contribution in [3.8, 4) is 0 Å². The highest BCUT2D eigenvalue weighted by Crippen LogP contribution is 2.33. The maximum atomic E-state index is 16.5. The third-order valence-electron chi connectivity index (χ3n) is 8.75. The highest BCUT2D eigenvalue weighted by molar-refractivity contribution is 5.81. The van der Waals surface area contributed by atoms with Crippen LogP contribution in [0.5, 0.6) is 0 Å². The molecule has 2 saturated carbocycles. The first kappa shape index (κ1) is 37.1. The molecule has 2 amide bonds. The van der Waals surface area contributed by atoms with Crippen molar-refractivity contribution in [2.45, 2.75) is 124 Å². The minimum Gasteiger partial charge on any atom is -0.389 e. The molecule has 46 heavy (non-hydrogen) atoms. The first-order chi connectivity index (χ1) is 21.8. The van der Waals surface area contributed by atoms with E-state index < -0.39 is 104 Å². The van der Waals surface area contributed by atoms with E-state index in [1.165, 1.54) is 0 Å². The number of aliphatic hydroxyl groups is 6. The zero-order valence-electron chi connectivity index (χ0n) is 25.1. The largest absolute Gasteiger partial charge is 0.389 e. The summed E-state index contributed by atoms with van der Waals surface area (Å²) in [4.78, 5) is 24.7. The molecular weight excluding hydrogens is 621 g/mol. The molecule has 17 N–H and O–H groups in total. The van der Waals surface area contributed by atoms with Gasteiger partial charge in [-0.15, -0.1) is 0 Å². The molecule has 0 bridgehead atoms. The second kappa shape index (κ2) is 16.1. The summed E-state index contributed by atoms with van der Waals surface area (Å²) in [6.07, 6.45) is -19.8. The molecule has 0 aromatic carbocycles. The van der Waals surface area contributed by atoms with E-state index >= 15 is 4.39 Å². The Balaban J connectivity index is 1.52. The number of hydrazine groups is 1. The zero-order chi connectivity index (χ0) is 33.9. The molecule has 2 heterocycles. The van der Waals surface area contributed by atoms with Crippen molar-refractivity contribution in [1.29, 1.82) is 0 Å². The molecule has 16 atom stereocenters. The average molecular weight is 670 g/mol. The number of carbonyl (C=O) groups is 2. The highest BCUT2D eigenvalue weighted by Gasteiger charge is 2.53. The van der Waals surface area contributed by atoms with Crippen molar-refractivity contribution >= 4 is 11.8 Å². The summed E-state index contributed by atoms with van der Waals surface area (Å²) in [6, 6.07) is -3.76. The van der Waals surface area contributed by atoms with Gasteiger partial charge in [-0.05, 0) is 32.2 Å². The number of alkyl halides is 1. The number of halogens is 1. The molecule has 0 aromatic rings. The second-order valence-electron chi connectivity index (χ2n) is 12.2. The molecule has 0 aromatic heterocycles. The second-order valence-corrected chi connectivity index (χ2v) is 12.2. The van der Waals surface area contributed by atoms with Crippen molar-refractivity contribution < 1.29 is 63.6 Å². The summed E-state index contributed by atoms with van der Waals surface area (Å²) < 4.78 is 39.2. The monoisotopic (exact) mass is 669 g/mol. The molecule has 4 aliphatic rings. The molecule has 4 fully saturated rings. The zero-order valence-corrected chi connectivity index (χ0v) is 25.1. The molecule has 4 rings (SSSR count). The van der Waals surface area contributed by atoms with Gasteiger partial charge in [0.2, 0.25) is 11.8 Å². The molecule has 266 valence electrons. The van der Waals surface area contributed by atoms with Gasteiger partial charge in [-0.3, -0.25) is 15.0 Å². The average Bonchev–Trinajstić information content (AvgIpc) is 3.87. The summed E-state index contributed by atoms with van der Waals surface area (Å²) in [5, 5.41) is 64.9. The Hall–Kier alpha value is -1.73. The van der Waals surface area contributed by atoms with E-state index in [9.17, 15) is 40.2 Å². The third-order valence-corrected chi connectivity index (χ3v) is 8.75. The maximum absolute atomic E-state index is 16.5. The van der Waals surface area contributed by atoms with Crippen molar-refractivity contribution in [2.24, 2.45) is 28.9 Å². The number of hydrogen-bond donors (Lipinski definition) is 13. The van der Waals surface area contributed by atoms with Gasteiger partial charge in [0.1, 0.15) is 54.9 Å². The number of hydrogen-bond acceptors (Lipinski definition) is 17. The molecule has 2 aliphatic carbocycles. The Bertz CT molecular complexity index is 1020. The Morgan fingerprint density at radius 2 is 1.52 bits per heavy atom. The van der Waals surface area contributed by atoms with E-state index in [0.717, 1.165) is 12.8 Å². The van der Waals surface area contributed by atoms with E-state index in [1.54, 1.807) is 0 Å². The number of nitrogens with one attached hydrogen (secondary N) is 3. The predicted molar refractivity (Wildman–Crippen MR) is 152 cm³/mol. The fourth-order valence-corrected chi connectivity index (χ4v) is 5.73. The van der Waals surface area contributed by atoms with Crippen LogP contribution in [0.3, 0.4) is 0 Å². The summed E-state index contributed by atoms with van der Waals surface area (Å²) >= 11 is 0. The van der Waals surface area contributed by atoms with Crippen LogP contribution in [0.4, 0.5) is 4.39 Å². The first-order valence-corrected chi connectivity index (χ1v) is 15.4. The smallest absolute Gasteiger partial charge is 0.249 e. The molecule has 19 nitrogen and oxygen atoms in total. The van der Waals surface area contributed by atoms with Crippen LogP contribution in [-0.4, -0.2) is 160 Å². The SMILES string of the molecule is NCC[C@H](O)C(=O)N[C@@H]1C[C@@H](N)[C@@H](O[C@@H]2O[C@H](CN)[C@@H](O)[C@H](O)[C@H]2O)[C@H](F)[C@@H]1O[C@@H]1O[C@@H](CNNC(=O)C2CC2)[C@H](O)[C@@H](N)[C@@H]1O. The van der Waals surface area contributed by atoms with Crippen molar-refractivity contribution in [2.75, 3.05) is 19.6 Å². The molecule has 0 spiro atoms. The fourth-order valence-electron chi connectivity index (χ4n) is 5.73. The fraction of sp³-hybridized carbons (Fsp3) is 0.923. The van der Waals surface area contributed by atoms with Crippen LogP contribution in [0.25, 0.3) is 0 Å². The van der Waals surface area contributed by atoms with Crippen LogP contribution < -0.4 is 39.1 Å². The topological polar surface area (TPSA) is 333 Å². The molecule has 0 radical (unpaired) electrons. The van der Waals surface area contributed by atoms with E-state index in [1.807, 2.05) is 0 Å². The van der Waals surface area contributed by atoms with E-state index in [4.69, 9.17) is 41.9 Å². The van der Waals surface area contributed by atoms with Crippen LogP contribution in [0.1, 0.15) is 25.7 Å². The Morgan fingerprint density at radius 3 is 2.15 bits per heavy atom. The van der Waals surface area contributed by atoms with E-state index in [0.29, 0.717) is 0 Å². The van der Waals surface area contributed by atoms with Gasteiger partial charge in [-0.25, -0.2) is 9.82 Å². The Labute approximate surface area is 264 Å². The van der Waals surface area contributed by atoms with Gasteiger partial charge in [-0.2, -0.15) is 0 Å². The Morgan fingerprint density at radius 1 is 0.891 bits per heavy atom. The summed E-state index contributed by atoms with van der Waals surface area (Å²) in [6.45, 7) is -0.457. The standard InChI is InChI=1S/C26H48FN7O12/c27-14-21(45-26-20(40)19(39)17(37)12(6-29)43-26)9(30)5-10(33-24(42)11(35)3-4-28)22(14)46-25-18(38)15(31)16(36)13(44-25)7-32-34-23(41)8-1-2-8/h8-22,25-26,32,35-40H,1-7,28-31H2,(H,33,42)(H,34,41)/t9-,10-,11+,12-,13+,14+,15-,16+,17-,18+,19+,20-,21-,22-,25+,26+/m1/s1. The van der Waals surface area contributed by atoms with Gasteiger partial charge < -0.3 is 77.8 Å². The molecule has 2 saturated heterocycles. The quantitative estimate of drug-likeness (QED) is 0.0810. The highest BCUT2D eigenvalue weighted by atomic mass is 19.1. The lowest BCUT2D eigenvalue weighted by Crippen LogP contribution is -2.69. The van der Waals surface area contributed by atoms with Gasteiger partial charge in [0.05, 0.1) is 18.2 Å². The molecule has 2 aliphatic heterocycles. The van der Waals surface area contributed by atoms with Gasteiger partial charge in [0.25, 0.3) is 0 Å². The lowest BCUT2D eigenvalue weighted by atomic mass is 9.84. The normalized spacial score (nSPS) is 43.9. The van der Waals surface area contributed by atoms with E-state index in [-0.39, 0.29) is 44.3 Å². The lowest BCUT2D eigenvalue weighted by Gasteiger charge is -2.48. The van der Waals surface area contributed by atoms with Crippen LogP contribution in [0.2, 0.25) is 0 Å². The van der Waals surface area contributed by atoms with Crippen molar-refractivity contribution in [1.82, 2.24) is 16.2 Å². The van der Waals surface area contributed by atoms with Gasteiger partial charge >= 0.3 is 0 Å². The van der Waals surface area contributed by atoms with Crippen LogP contribution in [0, 0.1) is 5.92 Å². The molecule has 20 heteroatoms. The number of ether oxygens (including phenoxy) is 4. The number of aliphatic hydroxyl groups excluding tert-OH is 6. The van der Waals surface area contributed by atoms with Gasteiger partial charge in [0.15, 0.2) is 18.8 Å². The van der Waals surface area contributed by atoms with Crippen LogP contribution in [-0.2, 0) is 28.5 Å². The van der Waals surface area contributed by atoms with Crippen molar-refractivity contribution in [3.63, 3.8) is 0 Å². The minimum absolute atomic E-state index is 0.0206. The maximum Gasteiger partial charge on any atom is 0.249 e. The Kier molecular flexibility index (Phi) is 13.0. The van der Waals surface area contributed by atoms with Gasteiger partial charge in [0, 0.05) is 25.0 Å². The lowest BCUT2D eigenvalue weighted by molar-refractivity contribution is -0.326. The van der Waals surface area contributed by atoms with Crippen LogP contribution in [0.15, 0.2) is 0 Å². The number of amides is 2. The third kappa shape index (κ3) is 8.46. The summed E-state index contributed by atoms with van der Waals surface area (Å²) in [5.41, 5.74) is 28.4. The molecule has 0 unspecified atom stereocenters. The number of rotatable bonds is 13. The van der Waals surface area contributed by atoms with E-state index in [2.05, 4.69) is 16.2 Å². The summed E-state index contributed by atoms with van der Waals surface area (Å²) in [7, 11) is 0. The summed E-state index contributed by atoms with van der Waals surface area (Å²) in [5.74, 6) is -1.25. The minimum atomic E-state index is -2.23. The number of nitrogens with two attached hydrogens (primary N) is 4. The predicted octanol–water partition coefficient (Wildman–Crippen LogP) is -7.41. The van der Waals surface area contributed by atoms with Gasteiger partial charge in [-0.1, -0.05) is 0 Å². The van der Waals surface area contributed by atoms with Crippen LogP contribution >= 0.6 is 0 Å². The first-order valence-electron chi connectivity index (χ1n) is 15.4. The van der Waals surface area contributed by atoms with Crippen molar-refractivity contribution in [3.05, 3.63) is 0 Å². The molecular formula is C26H48FN7O12. The number of carbonyl (C=O) groups excluding carboxylic acids is 2.